The van der Waals surface area contributed by atoms with Gasteiger partial charge in [-0.2, -0.15) is 9.97 Å². The largest absolute Gasteiger partial charge is 0.467 e. The van der Waals surface area contributed by atoms with E-state index in [0.29, 0.717) is 28.1 Å². The number of methoxy groups -OCH3 is 1. The molecule has 2 aromatic rings. The van der Waals surface area contributed by atoms with E-state index in [-0.39, 0.29) is 5.91 Å². The highest BCUT2D eigenvalue weighted by atomic mass is 35.5. The van der Waals surface area contributed by atoms with Gasteiger partial charge in [0.2, 0.25) is 5.91 Å². The van der Waals surface area contributed by atoms with Crippen molar-refractivity contribution in [3.63, 3.8) is 0 Å². The molecule has 132 valence electrons. The fraction of sp³-hybridized carbons (Fsp3) is 0.421. The van der Waals surface area contributed by atoms with E-state index < -0.39 is 5.41 Å². The van der Waals surface area contributed by atoms with Crippen LogP contribution in [0.25, 0.3) is 0 Å². The van der Waals surface area contributed by atoms with Crippen LogP contribution >= 0.6 is 11.6 Å². The summed E-state index contributed by atoms with van der Waals surface area (Å²) in [7, 11) is 1.53. The van der Waals surface area contributed by atoms with Crippen LogP contribution < -0.4 is 10.1 Å². The summed E-state index contributed by atoms with van der Waals surface area (Å²) in [5, 5.41) is 3.75. The molecule has 1 aromatic carbocycles. The quantitative estimate of drug-likeness (QED) is 0.888. The lowest BCUT2D eigenvalue weighted by atomic mass is 9.78. The Morgan fingerprint density at radius 2 is 1.68 bits per heavy atom. The maximum absolute atomic E-state index is 13.3. The number of aryl methyl sites for hydroxylation is 2. The van der Waals surface area contributed by atoms with Crippen LogP contribution in [-0.2, 0) is 10.2 Å². The summed E-state index contributed by atoms with van der Waals surface area (Å²) in [6.45, 7) is 3.69. The van der Waals surface area contributed by atoms with Gasteiger partial charge >= 0.3 is 6.01 Å². The van der Waals surface area contributed by atoms with Gasteiger partial charge in [-0.1, -0.05) is 36.6 Å². The molecular formula is C19H22ClN3O2. The number of ether oxygens (including phenoxy) is 1. The van der Waals surface area contributed by atoms with E-state index in [1.807, 2.05) is 38.1 Å². The van der Waals surface area contributed by atoms with Crippen molar-refractivity contribution in [3.8, 4) is 6.01 Å². The molecule has 0 unspecified atom stereocenters. The minimum atomic E-state index is -0.524. The first-order chi connectivity index (χ1) is 12.0. The molecule has 0 radical (unpaired) electrons. The predicted molar refractivity (Wildman–Crippen MR) is 98.3 cm³/mol. The fourth-order valence-corrected chi connectivity index (χ4v) is 3.71. The summed E-state index contributed by atoms with van der Waals surface area (Å²) in [5.41, 5.74) is 2.54. The Bertz CT molecular complexity index is 761. The number of anilines is 1. The molecule has 1 aliphatic rings. The van der Waals surface area contributed by atoms with Crippen molar-refractivity contribution in [1.29, 1.82) is 0 Å². The van der Waals surface area contributed by atoms with Crippen LogP contribution in [0.15, 0.2) is 24.3 Å². The van der Waals surface area contributed by atoms with Gasteiger partial charge < -0.3 is 10.1 Å². The van der Waals surface area contributed by atoms with Gasteiger partial charge in [0.05, 0.1) is 29.6 Å². The van der Waals surface area contributed by atoms with E-state index in [0.717, 1.165) is 31.2 Å². The molecule has 5 nitrogen and oxygen atoms in total. The number of carbonyl (C=O) groups is 1. The molecule has 0 bridgehead atoms. The van der Waals surface area contributed by atoms with Crippen LogP contribution in [0.3, 0.4) is 0 Å². The Hall–Kier alpha value is -2.14. The molecule has 6 heteroatoms. The average Bonchev–Trinajstić information content (AvgIpc) is 3.09. The summed E-state index contributed by atoms with van der Waals surface area (Å²) < 4.78 is 5.09. The van der Waals surface area contributed by atoms with E-state index in [9.17, 15) is 4.79 Å². The van der Waals surface area contributed by atoms with Gasteiger partial charge in [0.1, 0.15) is 0 Å². The van der Waals surface area contributed by atoms with Crippen molar-refractivity contribution >= 4 is 23.2 Å². The first-order valence-electron chi connectivity index (χ1n) is 8.43. The monoisotopic (exact) mass is 359 g/mol. The predicted octanol–water partition coefficient (Wildman–Crippen LogP) is 4.21. The Labute approximate surface area is 152 Å². The van der Waals surface area contributed by atoms with Crippen molar-refractivity contribution in [2.45, 2.75) is 44.9 Å². The lowest BCUT2D eigenvalue weighted by molar-refractivity contribution is -0.121. The van der Waals surface area contributed by atoms with Gasteiger partial charge in [0, 0.05) is 5.02 Å². The normalized spacial score (nSPS) is 15.8. The van der Waals surface area contributed by atoms with Crippen molar-refractivity contribution in [2.24, 2.45) is 0 Å². The van der Waals surface area contributed by atoms with E-state index >= 15 is 0 Å². The standard InChI is InChI=1S/C19H22ClN3O2/c1-12-16(13(2)22-18(21-12)25-3)23-17(24)19(10-4-5-11-19)14-6-8-15(20)9-7-14/h6-9H,4-5,10-11H2,1-3H3,(H,23,24). The second-order valence-electron chi connectivity index (χ2n) is 6.51. The highest BCUT2D eigenvalue weighted by molar-refractivity contribution is 6.30. The van der Waals surface area contributed by atoms with E-state index in [1.165, 1.54) is 7.11 Å². The summed E-state index contributed by atoms with van der Waals surface area (Å²) in [6, 6.07) is 7.91. The minimum Gasteiger partial charge on any atom is -0.467 e. The number of benzene rings is 1. The van der Waals surface area contributed by atoms with Crippen molar-refractivity contribution in [3.05, 3.63) is 46.2 Å². The Balaban J connectivity index is 1.94. The van der Waals surface area contributed by atoms with Crippen LogP contribution in [0.5, 0.6) is 6.01 Å². The van der Waals surface area contributed by atoms with Crippen molar-refractivity contribution < 1.29 is 9.53 Å². The second kappa shape index (κ2) is 7.00. The van der Waals surface area contributed by atoms with E-state index in [4.69, 9.17) is 16.3 Å². The lowest BCUT2D eigenvalue weighted by Gasteiger charge is -2.29. The maximum Gasteiger partial charge on any atom is 0.316 e. The zero-order chi connectivity index (χ0) is 18.0. The first-order valence-corrected chi connectivity index (χ1v) is 8.81. The van der Waals surface area contributed by atoms with E-state index in [2.05, 4.69) is 15.3 Å². The summed E-state index contributed by atoms with van der Waals surface area (Å²) in [5.74, 6) is -0.00714. The van der Waals surface area contributed by atoms with Crippen molar-refractivity contribution in [1.82, 2.24) is 9.97 Å². The number of amides is 1. The number of carbonyl (C=O) groups excluding carboxylic acids is 1. The van der Waals surface area contributed by atoms with Crippen LogP contribution in [0, 0.1) is 13.8 Å². The van der Waals surface area contributed by atoms with Gasteiger partial charge in [-0.05, 0) is 44.4 Å². The third-order valence-corrected chi connectivity index (χ3v) is 5.21. The van der Waals surface area contributed by atoms with Crippen LogP contribution in [0.1, 0.15) is 42.6 Å². The van der Waals surface area contributed by atoms with E-state index in [1.54, 1.807) is 0 Å². The van der Waals surface area contributed by atoms with Crippen LogP contribution in [-0.4, -0.2) is 23.0 Å². The van der Waals surface area contributed by atoms with Gasteiger partial charge in [0.25, 0.3) is 0 Å². The summed E-state index contributed by atoms with van der Waals surface area (Å²) >= 11 is 6.01. The summed E-state index contributed by atoms with van der Waals surface area (Å²) in [4.78, 5) is 21.8. The lowest BCUT2D eigenvalue weighted by Crippen LogP contribution is -2.38. The minimum absolute atomic E-state index is 0.00714. The second-order valence-corrected chi connectivity index (χ2v) is 6.94. The Kier molecular flexibility index (Phi) is 4.95. The maximum atomic E-state index is 13.3. The number of nitrogens with one attached hydrogen (secondary N) is 1. The molecule has 0 saturated heterocycles. The van der Waals surface area contributed by atoms with Gasteiger partial charge in [0.15, 0.2) is 0 Å². The molecule has 0 spiro atoms. The molecule has 1 aromatic heterocycles. The topological polar surface area (TPSA) is 64.1 Å². The SMILES string of the molecule is COc1nc(C)c(NC(=O)C2(c3ccc(Cl)cc3)CCCC2)c(C)n1. The molecule has 1 N–H and O–H groups in total. The number of rotatable bonds is 4. The van der Waals surface area contributed by atoms with Crippen LogP contribution in [0.4, 0.5) is 5.69 Å². The number of hydrogen-bond donors (Lipinski definition) is 1. The third-order valence-electron chi connectivity index (χ3n) is 4.96. The Morgan fingerprint density at radius 1 is 1.12 bits per heavy atom. The van der Waals surface area contributed by atoms with Gasteiger partial charge in [-0.15, -0.1) is 0 Å². The number of nitrogens with zero attached hydrogens (tertiary/aromatic N) is 2. The molecule has 25 heavy (non-hydrogen) atoms. The number of aromatic nitrogens is 2. The smallest absolute Gasteiger partial charge is 0.316 e. The Morgan fingerprint density at radius 3 is 2.20 bits per heavy atom. The average molecular weight is 360 g/mol. The third kappa shape index (κ3) is 3.33. The molecule has 1 heterocycles. The number of halogens is 1. The van der Waals surface area contributed by atoms with Gasteiger partial charge in [-0.25, -0.2) is 0 Å². The number of hydrogen-bond acceptors (Lipinski definition) is 4. The first kappa shape index (κ1) is 17.7. The van der Waals surface area contributed by atoms with Gasteiger partial charge in [-0.3, -0.25) is 4.79 Å². The van der Waals surface area contributed by atoms with Crippen molar-refractivity contribution in [2.75, 3.05) is 12.4 Å². The molecule has 1 amide bonds. The molecule has 0 atom stereocenters. The molecule has 1 aliphatic carbocycles. The molecule has 1 saturated carbocycles. The highest BCUT2D eigenvalue weighted by Gasteiger charge is 2.43. The molecular weight excluding hydrogens is 338 g/mol. The molecule has 0 aliphatic heterocycles. The zero-order valence-electron chi connectivity index (χ0n) is 14.7. The zero-order valence-corrected chi connectivity index (χ0v) is 15.5. The summed E-state index contributed by atoms with van der Waals surface area (Å²) in [6.07, 6.45) is 3.73. The molecule has 1 fully saturated rings. The van der Waals surface area contributed by atoms with Crippen LogP contribution in [0.2, 0.25) is 5.02 Å². The fourth-order valence-electron chi connectivity index (χ4n) is 3.59. The molecule has 3 rings (SSSR count). The highest BCUT2D eigenvalue weighted by Crippen LogP contribution is 2.42.